The van der Waals surface area contributed by atoms with Gasteiger partial charge in [-0.15, -0.1) is 0 Å². The molecule has 2 aliphatic carbocycles. The predicted molar refractivity (Wildman–Crippen MR) is 195 cm³/mol. The molecule has 0 saturated heterocycles. The Kier molecular flexibility index (Phi) is 11.6. The molecule has 0 bridgehead atoms. The summed E-state index contributed by atoms with van der Waals surface area (Å²) in [5.74, 6) is 0. The Morgan fingerprint density at radius 3 is 1.63 bits per heavy atom. The maximum absolute atomic E-state index is 3.71. The number of halogens is 4. The Hall–Kier alpha value is -1.35. The van der Waals surface area contributed by atoms with E-state index in [4.69, 9.17) is 0 Å². The Labute approximate surface area is 313 Å². The fraction of sp³-hybridized carbons (Fsp3) is 0.293. The monoisotopic (exact) mass is 852 g/mol. The molecular formula is C41H42Br2Cl2Zr. The first-order valence-electron chi connectivity index (χ1n) is 15.7. The van der Waals surface area contributed by atoms with Crippen LogP contribution in [0.3, 0.4) is 0 Å². The second kappa shape index (κ2) is 14.3. The first-order chi connectivity index (χ1) is 20.7. The molecule has 6 rings (SSSR count). The van der Waals surface area contributed by atoms with Crippen molar-refractivity contribution in [2.24, 2.45) is 0 Å². The molecule has 0 heterocycles. The fourth-order valence-corrected chi connectivity index (χ4v) is 16.7. The van der Waals surface area contributed by atoms with Gasteiger partial charge < -0.3 is 24.8 Å². The predicted octanol–water partition coefficient (Wildman–Crippen LogP) is 5.43. The molecule has 5 heteroatoms. The van der Waals surface area contributed by atoms with Gasteiger partial charge in [0.25, 0.3) is 0 Å². The molecule has 0 radical (unpaired) electrons. The van der Waals surface area contributed by atoms with Crippen LogP contribution in [0, 0.1) is 13.8 Å². The second-order valence-electron chi connectivity index (χ2n) is 14.5. The number of benzene rings is 4. The average Bonchev–Trinajstić information content (AvgIpc) is 3.59. The van der Waals surface area contributed by atoms with Gasteiger partial charge in [-0.25, -0.2) is 0 Å². The van der Waals surface area contributed by atoms with Gasteiger partial charge in [-0.05, 0) is 0 Å². The zero-order chi connectivity index (χ0) is 31.6. The van der Waals surface area contributed by atoms with Gasteiger partial charge in [0.2, 0.25) is 0 Å². The third-order valence-corrected chi connectivity index (χ3v) is 18.7. The summed E-state index contributed by atoms with van der Waals surface area (Å²) in [7, 11) is 0. The van der Waals surface area contributed by atoms with E-state index in [9.17, 15) is 0 Å². The number of fused-ring (bicyclic) bond motifs is 3. The first kappa shape index (κ1) is 37.5. The van der Waals surface area contributed by atoms with E-state index in [0.717, 1.165) is 15.4 Å². The van der Waals surface area contributed by atoms with Crippen LogP contribution in [-0.4, -0.2) is 3.21 Å². The fourth-order valence-electron chi connectivity index (χ4n) is 7.36. The Morgan fingerprint density at radius 1 is 0.674 bits per heavy atom. The molecule has 0 fully saturated rings. The van der Waals surface area contributed by atoms with Gasteiger partial charge in [-0.2, -0.15) is 0 Å². The molecule has 0 unspecified atom stereocenters. The van der Waals surface area contributed by atoms with Crippen LogP contribution in [0.4, 0.5) is 0 Å². The summed E-state index contributed by atoms with van der Waals surface area (Å²) < 4.78 is 5.97. The molecule has 46 heavy (non-hydrogen) atoms. The van der Waals surface area contributed by atoms with Crippen LogP contribution < -0.4 is 28.1 Å². The van der Waals surface area contributed by atoms with Crippen LogP contribution in [0.25, 0.3) is 11.1 Å². The van der Waals surface area contributed by atoms with Crippen molar-refractivity contribution in [3.05, 3.63) is 144 Å². The largest absolute Gasteiger partial charge is 1.00 e. The minimum absolute atomic E-state index is 0. The van der Waals surface area contributed by atoms with Gasteiger partial charge in [0.15, 0.2) is 0 Å². The summed E-state index contributed by atoms with van der Waals surface area (Å²) in [6.45, 7) is 19.0. The third kappa shape index (κ3) is 7.16. The number of hydrogen-bond donors (Lipinski definition) is 0. The molecule has 0 amide bonds. The Morgan fingerprint density at radius 2 is 1.15 bits per heavy atom. The molecule has 2 aliphatic rings. The summed E-state index contributed by atoms with van der Waals surface area (Å²) in [5.41, 5.74) is 14.8. The third-order valence-electron chi connectivity index (χ3n) is 9.30. The number of allylic oxidation sites excluding steroid dienone is 4. The van der Waals surface area contributed by atoms with Gasteiger partial charge >= 0.3 is 291 Å². The first-order valence-corrected chi connectivity index (χ1v) is 21.1. The van der Waals surface area contributed by atoms with Crippen LogP contribution >= 0.6 is 31.9 Å². The van der Waals surface area contributed by atoms with Gasteiger partial charge in [-0.3, -0.25) is 0 Å². The van der Waals surface area contributed by atoms with Crippen molar-refractivity contribution < 1.29 is 46.1 Å². The van der Waals surface area contributed by atoms with Crippen molar-refractivity contribution in [1.82, 2.24) is 0 Å². The van der Waals surface area contributed by atoms with Crippen molar-refractivity contribution >= 4 is 38.3 Å². The van der Waals surface area contributed by atoms with E-state index in [1.165, 1.54) is 50.1 Å². The van der Waals surface area contributed by atoms with E-state index >= 15 is 0 Å². The normalized spacial score (nSPS) is 13.4. The smallest absolute Gasteiger partial charge is 1.00 e. The molecule has 238 valence electrons. The zero-order valence-electron chi connectivity index (χ0n) is 28.0. The average molecular weight is 857 g/mol. The maximum atomic E-state index is 3.71. The summed E-state index contributed by atoms with van der Waals surface area (Å²) in [5, 5.41) is 0. The minimum atomic E-state index is -2.76. The zero-order valence-corrected chi connectivity index (χ0v) is 35.1. The van der Waals surface area contributed by atoms with Crippen molar-refractivity contribution in [2.75, 3.05) is 0 Å². The Bertz CT molecular complexity index is 1810. The van der Waals surface area contributed by atoms with E-state index in [1.54, 1.807) is 12.0 Å². The van der Waals surface area contributed by atoms with Gasteiger partial charge in [-0.1, -0.05) is 0 Å². The molecule has 0 aliphatic heterocycles. The number of hydrogen-bond acceptors (Lipinski definition) is 0. The summed E-state index contributed by atoms with van der Waals surface area (Å²) in [6, 6.07) is 25.8. The van der Waals surface area contributed by atoms with Gasteiger partial charge in [0, 0.05) is 0 Å². The number of rotatable bonds is 4. The molecule has 0 saturated carbocycles. The van der Waals surface area contributed by atoms with Gasteiger partial charge in [0.1, 0.15) is 0 Å². The van der Waals surface area contributed by atoms with E-state index in [2.05, 4.69) is 178 Å². The van der Waals surface area contributed by atoms with Crippen LogP contribution in [0.2, 0.25) is 3.63 Å². The second-order valence-corrected chi connectivity index (χ2v) is 22.5. The van der Waals surface area contributed by atoms with Crippen molar-refractivity contribution in [3.8, 4) is 11.1 Å². The molecule has 4 aromatic rings. The van der Waals surface area contributed by atoms with Crippen molar-refractivity contribution in [1.29, 1.82) is 0 Å². The summed E-state index contributed by atoms with van der Waals surface area (Å²) >= 11 is 4.66. The number of aryl methyl sites for hydroxylation is 1. The maximum Gasteiger partial charge on any atom is -1.00 e. The van der Waals surface area contributed by atoms with E-state index in [-0.39, 0.29) is 35.6 Å². The molecule has 0 N–H and O–H groups in total. The molecule has 0 spiro atoms. The summed E-state index contributed by atoms with van der Waals surface area (Å²) in [4.78, 5) is 0. The van der Waals surface area contributed by atoms with E-state index < -0.39 is 21.3 Å². The van der Waals surface area contributed by atoms with Crippen LogP contribution in [0.1, 0.15) is 86.1 Å². The minimum Gasteiger partial charge on any atom is -1.00 e. The molecule has 0 nitrogen and oxygen atoms in total. The van der Waals surface area contributed by atoms with Crippen molar-refractivity contribution in [2.45, 2.75) is 76.3 Å². The molecular weight excluding hydrogens is 814 g/mol. The molecule has 0 aromatic heterocycles. The Balaban J connectivity index is 0.00000240. The molecule has 4 aromatic carbocycles. The van der Waals surface area contributed by atoms with E-state index in [1.807, 2.05) is 0 Å². The molecule has 0 atom stereocenters. The standard InChI is InChI=1S/C23H29.C13H8Br2.C5H5.2ClH.Zr/c1-14-9-16-11-17-10-15(2)21(23(6,7)8)13-19(17)18(16)12-20(14)22(3,4)5;14-12-5-1-10(2-6-12)9-11-3-7-13(15)8-4-11;1-2-4-5-3-1;;;/h9,12-13H,11H2,1-8H3;1-8H;1-5H;2*1H;/q;;;;;+2/p-2. The van der Waals surface area contributed by atoms with Crippen LogP contribution in [0.15, 0.2) is 100.0 Å². The van der Waals surface area contributed by atoms with Crippen LogP contribution in [0.5, 0.6) is 0 Å². The van der Waals surface area contributed by atoms with Crippen LogP contribution in [-0.2, 0) is 38.5 Å². The SMILES string of the molecule is Cc1cc2c(cc1C(C)(C)C)-c1cc(C(C)(C)C)c(C)[c]([Zr+2](=[C](c3ccc(Br)cc3)c3ccc(Br)cc3)[CH]3C=CC=C3)c1C2.[Cl-].[Cl-]. The van der Waals surface area contributed by atoms with E-state index in [0.29, 0.717) is 3.63 Å². The summed E-state index contributed by atoms with van der Waals surface area (Å²) in [6.07, 6.45) is 10.6. The van der Waals surface area contributed by atoms with Gasteiger partial charge in [0.05, 0.1) is 0 Å². The topological polar surface area (TPSA) is 0 Å². The van der Waals surface area contributed by atoms with Crippen molar-refractivity contribution in [3.63, 3.8) is 0 Å². The quantitative estimate of drug-likeness (QED) is 0.227.